The van der Waals surface area contributed by atoms with Gasteiger partial charge in [0.15, 0.2) is 25.2 Å². The van der Waals surface area contributed by atoms with Crippen LogP contribution in [0.3, 0.4) is 0 Å². The van der Waals surface area contributed by atoms with Gasteiger partial charge in [-0.1, -0.05) is 0 Å². The summed E-state index contributed by atoms with van der Waals surface area (Å²) in [4.78, 5) is 18.0. The van der Waals surface area contributed by atoms with Crippen molar-refractivity contribution in [2.24, 2.45) is 0 Å². The van der Waals surface area contributed by atoms with Crippen molar-refractivity contribution in [1.82, 2.24) is 4.90 Å². The first-order valence-corrected chi connectivity index (χ1v) is 8.34. The van der Waals surface area contributed by atoms with Gasteiger partial charge >= 0.3 is 7.60 Å². The van der Waals surface area contributed by atoms with Crippen LogP contribution in [0, 0.1) is 0 Å². The Kier molecular flexibility index (Phi) is 14.3. The minimum atomic E-state index is -4.35. The topological polar surface area (TPSA) is 223 Å². The van der Waals surface area contributed by atoms with E-state index in [9.17, 15) is 4.57 Å². The van der Waals surface area contributed by atoms with E-state index in [1.54, 1.807) is 0 Å². The Hall–Kier alpha value is -0.210. The summed E-state index contributed by atoms with van der Waals surface area (Å²) in [5.74, 6) is 0. The van der Waals surface area contributed by atoms with Gasteiger partial charge in [-0.05, 0) is 19.3 Å². The van der Waals surface area contributed by atoms with Gasteiger partial charge in [-0.15, -0.1) is 0 Å². The second-order valence-electron chi connectivity index (χ2n) is 4.70. The maximum atomic E-state index is 10.5. The molecule has 0 heterocycles. The van der Waals surface area contributed by atoms with E-state index in [4.69, 9.17) is 50.6 Å². The Bertz CT molecular complexity index is 302. The number of nitrogens with zero attached hydrogens (tertiary/aromatic N) is 1. The van der Waals surface area contributed by atoms with Crippen LogP contribution in [0.1, 0.15) is 19.3 Å². The zero-order valence-electron chi connectivity index (χ0n) is 12.3. The molecule has 0 spiro atoms. The van der Waals surface area contributed by atoms with Crippen LogP contribution in [0.25, 0.3) is 0 Å². The molecule has 0 unspecified atom stereocenters. The van der Waals surface area contributed by atoms with Gasteiger partial charge in [-0.2, -0.15) is 0 Å². The van der Waals surface area contributed by atoms with Crippen LogP contribution in [-0.2, 0) is 4.57 Å². The van der Waals surface area contributed by atoms with Crippen molar-refractivity contribution in [3.63, 3.8) is 0 Å². The van der Waals surface area contributed by atoms with Gasteiger partial charge < -0.3 is 50.6 Å². The van der Waals surface area contributed by atoms with Gasteiger partial charge in [-0.25, -0.2) is 0 Å². The van der Waals surface area contributed by atoms with Crippen molar-refractivity contribution < 1.29 is 55.2 Å². The molecule has 0 aliphatic rings. The molecular formula is C10H26NO11P. The van der Waals surface area contributed by atoms with E-state index >= 15 is 0 Å². The Labute approximate surface area is 132 Å². The maximum Gasteiger partial charge on any atom is 0.339 e. The maximum absolute atomic E-state index is 10.5. The van der Waals surface area contributed by atoms with E-state index in [1.807, 2.05) is 0 Å². The normalized spacial score (nSPS) is 12.5. The molecule has 13 heteroatoms. The number of hydrogen-bond acceptors (Lipinski definition) is 10. The van der Waals surface area contributed by atoms with E-state index in [1.165, 1.54) is 0 Å². The van der Waals surface area contributed by atoms with Crippen molar-refractivity contribution in [3.8, 4) is 0 Å². The standard InChI is InChI=1S/C5H14NO7P.C5H12O4/c7-4(8)1-6(2-5(9)10)3-14(11,12)13;6-4(7)2-1-3-5(8)9/h4-5,7-10H,1-3H2,(H2,11,12,13);4-9H,1-3H2. The molecule has 0 saturated carbocycles. The third-order valence-corrected chi connectivity index (χ3v) is 2.92. The number of aliphatic hydroxyl groups is 8. The molecule has 12 nitrogen and oxygen atoms in total. The smallest absolute Gasteiger partial charge is 0.339 e. The van der Waals surface area contributed by atoms with E-state index < -0.39 is 52.1 Å². The van der Waals surface area contributed by atoms with Crippen LogP contribution >= 0.6 is 7.60 Å². The SMILES string of the molecule is O=P(O)(O)CN(CC(O)O)CC(O)O.OC(O)CCCC(O)O. The number of rotatable bonds is 10. The molecule has 0 saturated heterocycles. The third-order valence-electron chi connectivity index (χ3n) is 2.15. The quantitative estimate of drug-likeness (QED) is 0.131. The van der Waals surface area contributed by atoms with Gasteiger partial charge in [0.1, 0.15) is 6.29 Å². The Balaban J connectivity index is 0. The van der Waals surface area contributed by atoms with Crippen LogP contribution in [0.5, 0.6) is 0 Å². The molecule has 0 aromatic heterocycles. The fraction of sp³-hybridized carbons (Fsp3) is 1.00. The van der Waals surface area contributed by atoms with Crippen molar-refractivity contribution in [1.29, 1.82) is 0 Å². The molecule has 23 heavy (non-hydrogen) atoms. The van der Waals surface area contributed by atoms with Gasteiger partial charge in [0, 0.05) is 13.1 Å². The molecule has 0 aliphatic heterocycles. The molecule has 0 fully saturated rings. The van der Waals surface area contributed by atoms with Crippen LogP contribution < -0.4 is 0 Å². The van der Waals surface area contributed by atoms with Crippen LogP contribution in [0.15, 0.2) is 0 Å². The van der Waals surface area contributed by atoms with E-state index in [0.717, 1.165) is 4.90 Å². The zero-order chi connectivity index (χ0) is 18.6. The minimum Gasteiger partial charge on any atom is -0.368 e. The Morgan fingerprint density at radius 1 is 0.696 bits per heavy atom. The van der Waals surface area contributed by atoms with Crippen LogP contribution in [0.2, 0.25) is 0 Å². The first-order chi connectivity index (χ1) is 10.3. The predicted molar refractivity (Wildman–Crippen MR) is 75.2 cm³/mol. The fourth-order valence-electron chi connectivity index (χ4n) is 1.40. The average molecular weight is 367 g/mol. The van der Waals surface area contributed by atoms with Crippen molar-refractivity contribution in [2.75, 3.05) is 19.4 Å². The molecule has 10 N–H and O–H groups in total. The minimum absolute atomic E-state index is 0.192. The molecule has 0 aromatic rings. The lowest BCUT2D eigenvalue weighted by atomic mass is 10.2. The fourth-order valence-corrected chi connectivity index (χ4v) is 2.15. The van der Waals surface area contributed by atoms with Gasteiger partial charge in [0.05, 0.1) is 0 Å². The second-order valence-corrected chi connectivity index (χ2v) is 6.31. The first kappa shape index (κ1) is 25.0. The van der Waals surface area contributed by atoms with Gasteiger partial charge in [-0.3, -0.25) is 9.46 Å². The van der Waals surface area contributed by atoms with Gasteiger partial charge in [0.2, 0.25) is 0 Å². The summed E-state index contributed by atoms with van der Waals surface area (Å²) in [6.07, 6.45) is -6.21. The van der Waals surface area contributed by atoms with E-state index in [0.29, 0.717) is 6.42 Å². The summed E-state index contributed by atoms with van der Waals surface area (Å²) in [7, 11) is -4.35. The van der Waals surface area contributed by atoms with E-state index in [2.05, 4.69) is 0 Å². The van der Waals surface area contributed by atoms with Crippen LogP contribution in [0.4, 0.5) is 0 Å². The first-order valence-electron chi connectivity index (χ1n) is 6.55. The average Bonchev–Trinajstić information content (AvgIpc) is 2.23. The van der Waals surface area contributed by atoms with Crippen molar-refractivity contribution in [3.05, 3.63) is 0 Å². The summed E-state index contributed by atoms with van der Waals surface area (Å²) in [5, 5.41) is 67.2. The largest absolute Gasteiger partial charge is 0.368 e. The molecule has 0 atom stereocenters. The molecule has 0 aliphatic carbocycles. The number of aliphatic hydroxyl groups excluding tert-OH is 4. The Morgan fingerprint density at radius 2 is 1.04 bits per heavy atom. The molecule has 0 amide bonds. The van der Waals surface area contributed by atoms with Crippen LogP contribution in [-0.4, -0.2) is 100 Å². The highest BCUT2D eigenvalue weighted by molar-refractivity contribution is 7.51. The van der Waals surface area contributed by atoms with Crippen molar-refractivity contribution >= 4 is 7.60 Å². The molecule has 0 bridgehead atoms. The lowest BCUT2D eigenvalue weighted by Gasteiger charge is -2.23. The summed E-state index contributed by atoms with van der Waals surface area (Å²) in [6, 6.07) is 0. The monoisotopic (exact) mass is 367 g/mol. The van der Waals surface area contributed by atoms with Crippen molar-refractivity contribution in [2.45, 2.75) is 44.4 Å². The zero-order valence-corrected chi connectivity index (χ0v) is 13.2. The highest BCUT2D eigenvalue weighted by atomic mass is 31.2. The molecule has 0 radical (unpaired) electrons. The number of hydrogen-bond donors (Lipinski definition) is 10. The lowest BCUT2D eigenvalue weighted by Crippen LogP contribution is -2.38. The molecule has 0 aromatic carbocycles. The highest BCUT2D eigenvalue weighted by Crippen LogP contribution is 2.34. The third kappa shape index (κ3) is 24.2. The lowest BCUT2D eigenvalue weighted by molar-refractivity contribution is -0.0913. The predicted octanol–water partition coefficient (Wildman–Crippen LogP) is -4.18. The summed E-state index contributed by atoms with van der Waals surface area (Å²) >= 11 is 0. The van der Waals surface area contributed by atoms with E-state index in [-0.39, 0.29) is 12.8 Å². The summed E-state index contributed by atoms with van der Waals surface area (Å²) < 4.78 is 10.5. The molecule has 142 valence electrons. The summed E-state index contributed by atoms with van der Waals surface area (Å²) in [5.41, 5.74) is 0. The molecule has 0 rings (SSSR count). The second kappa shape index (κ2) is 13.1. The molecular weight excluding hydrogens is 341 g/mol. The van der Waals surface area contributed by atoms with Gasteiger partial charge in [0.25, 0.3) is 0 Å². The highest BCUT2D eigenvalue weighted by Gasteiger charge is 2.22. The summed E-state index contributed by atoms with van der Waals surface area (Å²) in [6.45, 7) is -0.939. The Morgan fingerprint density at radius 3 is 1.26 bits per heavy atom.